The van der Waals surface area contributed by atoms with Gasteiger partial charge in [0.15, 0.2) is 5.03 Å². The van der Waals surface area contributed by atoms with Crippen molar-refractivity contribution in [3.8, 4) is 0 Å². The van der Waals surface area contributed by atoms with Gasteiger partial charge in [0.2, 0.25) is 5.91 Å². The lowest BCUT2D eigenvalue weighted by atomic mass is 9.71. The van der Waals surface area contributed by atoms with Crippen LogP contribution in [0.4, 0.5) is 0 Å². The summed E-state index contributed by atoms with van der Waals surface area (Å²) in [5.74, 6) is 0.178. The van der Waals surface area contributed by atoms with Crippen molar-refractivity contribution in [2.75, 3.05) is 6.54 Å². The van der Waals surface area contributed by atoms with Gasteiger partial charge in [-0.1, -0.05) is 43.5 Å². The third-order valence-corrected chi connectivity index (χ3v) is 9.51. The number of para-hydroxylation sites is 1. The maximum Gasteiger partial charge on any atom is 0.260 e. The second-order valence-corrected chi connectivity index (χ2v) is 12.6. The highest BCUT2D eigenvalue weighted by Gasteiger charge is 2.42. The third-order valence-electron chi connectivity index (χ3n) is 8.05. The summed E-state index contributed by atoms with van der Waals surface area (Å²) in [6.45, 7) is 3.76. The molecule has 3 heterocycles. The lowest BCUT2D eigenvalue weighted by molar-refractivity contribution is -0.126. The first-order valence-corrected chi connectivity index (χ1v) is 14.9. The van der Waals surface area contributed by atoms with Crippen LogP contribution in [-0.4, -0.2) is 45.9 Å². The Labute approximate surface area is 229 Å². The van der Waals surface area contributed by atoms with E-state index in [1.807, 2.05) is 48.7 Å². The van der Waals surface area contributed by atoms with Crippen molar-refractivity contribution in [2.24, 2.45) is 7.05 Å². The molecule has 4 aromatic rings. The summed E-state index contributed by atoms with van der Waals surface area (Å²) < 4.78 is 31.4. The van der Waals surface area contributed by atoms with Crippen LogP contribution in [0.3, 0.4) is 0 Å². The SMILES string of the molecule is Cc1nc(S(=O)(=O)N[C@@](C)(Cc2c[nH]c3ccccc23)C(=O)NCC2(c3ccccn3)CCCCC2)cn1C. The largest absolute Gasteiger partial charge is 0.361 e. The summed E-state index contributed by atoms with van der Waals surface area (Å²) >= 11 is 0. The predicted octanol–water partition coefficient (Wildman–Crippen LogP) is 3.90. The number of sulfonamides is 1. The number of amides is 1. The molecule has 0 unspecified atom stereocenters. The lowest BCUT2D eigenvalue weighted by Crippen LogP contribution is -2.59. The number of aromatic nitrogens is 4. The summed E-state index contributed by atoms with van der Waals surface area (Å²) in [5.41, 5.74) is 0.978. The Morgan fingerprint density at radius 1 is 1.13 bits per heavy atom. The second kappa shape index (κ2) is 10.6. The maximum atomic E-state index is 14.0. The van der Waals surface area contributed by atoms with Gasteiger partial charge < -0.3 is 14.9 Å². The zero-order chi connectivity index (χ0) is 27.7. The van der Waals surface area contributed by atoms with Crippen molar-refractivity contribution in [3.05, 3.63) is 78.1 Å². The number of pyridine rings is 1. The minimum absolute atomic E-state index is 0.113. The first-order valence-electron chi connectivity index (χ1n) is 13.4. The molecule has 3 aromatic heterocycles. The molecule has 206 valence electrons. The highest BCUT2D eigenvalue weighted by molar-refractivity contribution is 7.89. The van der Waals surface area contributed by atoms with Gasteiger partial charge in [-0.2, -0.15) is 4.72 Å². The molecule has 0 spiro atoms. The van der Waals surface area contributed by atoms with Crippen LogP contribution in [0.5, 0.6) is 0 Å². The van der Waals surface area contributed by atoms with E-state index in [0.29, 0.717) is 12.4 Å². The topological polar surface area (TPSA) is 122 Å². The number of nitrogens with zero attached hydrogens (tertiary/aromatic N) is 3. The summed E-state index contributed by atoms with van der Waals surface area (Å²) in [6, 6.07) is 13.7. The van der Waals surface area contributed by atoms with Gasteiger partial charge in [0.05, 0.1) is 0 Å². The number of H-pyrrole nitrogens is 1. The van der Waals surface area contributed by atoms with Crippen LogP contribution in [0.25, 0.3) is 10.9 Å². The molecule has 0 saturated heterocycles. The summed E-state index contributed by atoms with van der Waals surface area (Å²) in [7, 11) is -2.36. The molecule has 3 N–H and O–H groups in total. The molecular formula is C29H36N6O3S. The van der Waals surface area contributed by atoms with Crippen LogP contribution in [0, 0.1) is 6.92 Å². The van der Waals surface area contributed by atoms with E-state index in [1.165, 1.54) is 6.20 Å². The van der Waals surface area contributed by atoms with Crippen molar-refractivity contribution in [2.45, 2.75) is 68.4 Å². The van der Waals surface area contributed by atoms with E-state index >= 15 is 0 Å². The number of aryl methyl sites for hydroxylation is 2. The van der Waals surface area contributed by atoms with Gasteiger partial charge in [-0.05, 0) is 50.5 Å². The Kier molecular flexibility index (Phi) is 7.35. The van der Waals surface area contributed by atoms with Gasteiger partial charge in [-0.3, -0.25) is 9.78 Å². The average Bonchev–Trinajstić information content (AvgIpc) is 3.50. The van der Waals surface area contributed by atoms with Crippen LogP contribution in [0.1, 0.15) is 56.1 Å². The van der Waals surface area contributed by atoms with Gasteiger partial charge >= 0.3 is 0 Å². The van der Waals surface area contributed by atoms with Crippen molar-refractivity contribution >= 4 is 26.8 Å². The standard InChI is InChI=1S/C29H36N6O3S/c1-21-33-26(19-35(21)3)39(37,38)34-28(2,17-22-18-31-24-12-6-5-11-23(22)24)27(36)32-20-29(14-8-4-9-15-29)25-13-7-10-16-30-25/h5-7,10-13,16,18-19,31,34H,4,8-9,14-15,17,20H2,1-3H3,(H,32,36)/t28-/m0/s1. The van der Waals surface area contributed by atoms with Gasteiger partial charge in [0.1, 0.15) is 11.4 Å². The van der Waals surface area contributed by atoms with E-state index in [0.717, 1.165) is 54.3 Å². The maximum absolute atomic E-state index is 14.0. The van der Waals surface area contributed by atoms with Gasteiger partial charge in [0.25, 0.3) is 10.0 Å². The molecule has 1 fully saturated rings. The normalized spacial score (nSPS) is 17.1. The molecule has 5 rings (SSSR count). The zero-order valence-electron chi connectivity index (χ0n) is 22.7. The summed E-state index contributed by atoms with van der Waals surface area (Å²) in [4.78, 5) is 26.1. The molecule has 1 saturated carbocycles. The number of rotatable bonds is 9. The number of carbonyl (C=O) groups excluding carboxylic acids is 1. The first-order chi connectivity index (χ1) is 18.6. The molecule has 0 radical (unpaired) electrons. The Bertz CT molecular complexity index is 1550. The minimum Gasteiger partial charge on any atom is -0.361 e. The van der Waals surface area contributed by atoms with Crippen LogP contribution in [0.15, 0.2) is 66.1 Å². The van der Waals surface area contributed by atoms with Crippen LogP contribution in [-0.2, 0) is 33.7 Å². The van der Waals surface area contributed by atoms with Crippen molar-refractivity contribution in [3.63, 3.8) is 0 Å². The number of hydrogen-bond donors (Lipinski definition) is 3. The van der Waals surface area contributed by atoms with Gasteiger partial charge in [-0.25, -0.2) is 13.4 Å². The molecule has 1 aliphatic carbocycles. The second-order valence-electron chi connectivity index (χ2n) is 10.9. The van der Waals surface area contributed by atoms with Crippen molar-refractivity contribution in [1.82, 2.24) is 29.6 Å². The van der Waals surface area contributed by atoms with Crippen LogP contribution < -0.4 is 10.0 Å². The number of imidazole rings is 1. The quantitative estimate of drug-likeness (QED) is 0.293. The molecule has 0 aliphatic heterocycles. The molecule has 1 aliphatic rings. The van der Waals surface area contributed by atoms with E-state index in [9.17, 15) is 13.2 Å². The molecule has 10 heteroatoms. The molecule has 0 bridgehead atoms. The molecule has 9 nitrogen and oxygen atoms in total. The van der Waals surface area contributed by atoms with E-state index in [4.69, 9.17) is 0 Å². The van der Waals surface area contributed by atoms with E-state index < -0.39 is 15.6 Å². The number of hydrogen-bond acceptors (Lipinski definition) is 5. The van der Waals surface area contributed by atoms with E-state index in [2.05, 4.69) is 25.0 Å². The number of carbonyl (C=O) groups is 1. The Balaban J connectivity index is 1.47. The van der Waals surface area contributed by atoms with E-state index in [-0.39, 0.29) is 22.8 Å². The van der Waals surface area contributed by atoms with Gasteiger partial charge in [-0.15, -0.1) is 0 Å². The molecule has 1 aromatic carbocycles. The Hall–Kier alpha value is -3.50. The zero-order valence-corrected chi connectivity index (χ0v) is 23.5. The fourth-order valence-electron chi connectivity index (χ4n) is 5.70. The number of benzene rings is 1. The minimum atomic E-state index is -4.10. The van der Waals surface area contributed by atoms with Gasteiger partial charge in [0, 0.05) is 60.6 Å². The number of aromatic amines is 1. The summed E-state index contributed by atoms with van der Waals surface area (Å²) in [5, 5.41) is 3.97. The van der Waals surface area contributed by atoms with E-state index in [1.54, 1.807) is 31.7 Å². The van der Waals surface area contributed by atoms with Crippen LogP contribution in [0.2, 0.25) is 0 Å². The third kappa shape index (κ3) is 5.49. The Morgan fingerprint density at radius 3 is 2.56 bits per heavy atom. The lowest BCUT2D eigenvalue weighted by Gasteiger charge is -2.38. The van der Waals surface area contributed by atoms with Crippen LogP contribution >= 0.6 is 0 Å². The van der Waals surface area contributed by atoms with Crippen molar-refractivity contribution in [1.29, 1.82) is 0 Å². The fourth-order valence-corrected chi connectivity index (χ4v) is 7.11. The fraction of sp³-hybridized carbons (Fsp3) is 0.414. The highest BCUT2D eigenvalue weighted by Crippen LogP contribution is 2.38. The van der Waals surface area contributed by atoms with Crippen molar-refractivity contribution < 1.29 is 13.2 Å². The summed E-state index contributed by atoms with van der Waals surface area (Å²) in [6.07, 6.45) is 10.4. The average molecular weight is 549 g/mol. The predicted molar refractivity (Wildman–Crippen MR) is 151 cm³/mol. The molecular weight excluding hydrogens is 512 g/mol. The number of nitrogens with one attached hydrogen (secondary N) is 3. The smallest absolute Gasteiger partial charge is 0.260 e. The molecule has 1 atom stereocenters. The molecule has 1 amide bonds. The first kappa shape index (κ1) is 27.1. The molecule has 39 heavy (non-hydrogen) atoms. The monoisotopic (exact) mass is 548 g/mol. The number of fused-ring (bicyclic) bond motifs is 1. The highest BCUT2D eigenvalue weighted by atomic mass is 32.2. The Morgan fingerprint density at radius 2 is 1.87 bits per heavy atom.